The quantitative estimate of drug-likeness (QED) is 0.246. The molecule has 0 fully saturated rings. The molecule has 2 heteroatoms. The van der Waals surface area contributed by atoms with Crippen LogP contribution in [-0.2, 0) is 6.42 Å². The van der Waals surface area contributed by atoms with Gasteiger partial charge in [-0.1, -0.05) is 91.0 Å². The molecule has 0 saturated carbocycles. The van der Waals surface area contributed by atoms with Gasteiger partial charge in [-0.3, -0.25) is 4.98 Å². The third-order valence-corrected chi connectivity index (χ3v) is 6.17. The highest BCUT2D eigenvalue weighted by Gasteiger charge is 2.09. The minimum Gasteiger partial charge on any atom is -0.405 e. The lowest BCUT2D eigenvalue weighted by atomic mass is 9.93. The molecule has 5 rings (SSSR count). The van der Waals surface area contributed by atoms with Crippen LogP contribution in [0, 0.1) is 0 Å². The van der Waals surface area contributed by atoms with Crippen LogP contribution in [0.5, 0.6) is 0 Å². The maximum Gasteiger partial charge on any atom is 0.0702 e. The summed E-state index contributed by atoms with van der Waals surface area (Å²) in [6, 6.07) is 40.8. The van der Waals surface area contributed by atoms with Crippen LogP contribution in [-0.4, -0.2) is 4.98 Å². The number of rotatable bonds is 7. The fourth-order valence-electron chi connectivity index (χ4n) is 4.38. The number of hydrogen-bond donors (Lipinski definition) is 1. The monoisotopic (exact) mass is 464 g/mol. The van der Waals surface area contributed by atoms with Crippen LogP contribution in [0.1, 0.15) is 5.56 Å². The fourth-order valence-corrected chi connectivity index (χ4v) is 4.38. The molecule has 0 atom stereocenters. The van der Waals surface area contributed by atoms with Crippen molar-refractivity contribution in [3.63, 3.8) is 0 Å². The first-order chi connectivity index (χ1) is 17.8. The van der Waals surface area contributed by atoms with Crippen LogP contribution in [0.15, 0.2) is 146 Å². The van der Waals surface area contributed by atoms with E-state index in [0.717, 1.165) is 17.7 Å². The number of nitrogens with zero attached hydrogens (tertiary/aromatic N) is 1. The van der Waals surface area contributed by atoms with E-state index in [4.69, 9.17) is 5.73 Å². The number of pyridine rings is 1. The van der Waals surface area contributed by atoms with Crippen LogP contribution in [0.25, 0.3) is 44.6 Å². The summed E-state index contributed by atoms with van der Waals surface area (Å²) in [4.78, 5) is 4.61. The molecule has 36 heavy (non-hydrogen) atoms. The highest BCUT2D eigenvalue weighted by atomic mass is 14.7. The molecule has 2 N–H and O–H groups in total. The van der Waals surface area contributed by atoms with E-state index in [1.165, 1.54) is 38.9 Å². The average molecular weight is 465 g/mol. The first-order valence-corrected chi connectivity index (χ1v) is 12.2. The second-order valence-corrected chi connectivity index (χ2v) is 8.68. The molecule has 0 radical (unpaired) electrons. The highest BCUT2D eigenvalue weighted by Crippen LogP contribution is 2.34. The molecule has 0 amide bonds. The fraction of sp³-hybridized carbons (Fsp3) is 0.0294. The van der Waals surface area contributed by atoms with E-state index >= 15 is 0 Å². The Labute approximate surface area is 213 Å². The van der Waals surface area contributed by atoms with E-state index in [9.17, 15) is 0 Å². The Balaban J connectivity index is 1.55. The van der Waals surface area contributed by atoms with Crippen LogP contribution in [0.2, 0.25) is 0 Å². The molecule has 0 spiro atoms. The molecule has 0 aliphatic heterocycles. The van der Waals surface area contributed by atoms with Gasteiger partial charge in [0.2, 0.25) is 0 Å². The van der Waals surface area contributed by atoms with Gasteiger partial charge in [0.25, 0.3) is 0 Å². The third-order valence-electron chi connectivity index (χ3n) is 6.17. The van der Waals surface area contributed by atoms with Gasteiger partial charge in [0.05, 0.1) is 5.69 Å². The van der Waals surface area contributed by atoms with Crippen LogP contribution in [0.3, 0.4) is 0 Å². The van der Waals surface area contributed by atoms with E-state index in [1.807, 2.05) is 30.5 Å². The largest absolute Gasteiger partial charge is 0.405 e. The second kappa shape index (κ2) is 11.2. The summed E-state index contributed by atoms with van der Waals surface area (Å²) in [5, 5.41) is 0. The number of allylic oxidation sites excluding steroid dienone is 3. The van der Waals surface area contributed by atoms with Crippen molar-refractivity contribution < 1.29 is 0 Å². The molecular formula is C34H28N2. The van der Waals surface area contributed by atoms with Gasteiger partial charge in [0, 0.05) is 11.8 Å². The lowest BCUT2D eigenvalue weighted by molar-refractivity contribution is 1.27. The van der Waals surface area contributed by atoms with E-state index in [1.54, 1.807) is 6.20 Å². The molecule has 1 aromatic heterocycles. The first-order valence-electron chi connectivity index (χ1n) is 12.2. The summed E-state index contributed by atoms with van der Waals surface area (Å²) < 4.78 is 0. The van der Waals surface area contributed by atoms with Gasteiger partial charge in [-0.05, 0) is 94.0 Å². The lowest BCUT2D eigenvalue weighted by Gasteiger charge is -2.12. The summed E-state index contributed by atoms with van der Waals surface area (Å²) in [5.41, 5.74) is 15.9. The molecule has 0 aliphatic carbocycles. The predicted octanol–water partition coefficient (Wildman–Crippen LogP) is 8.32. The highest BCUT2D eigenvalue weighted by molar-refractivity contribution is 5.82. The Kier molecular flexibility index (Phi) is 7.15. The molecule has 0 saturated heterocycles. The summed E-state index contributed by atoms with van der Waals surface area (Å²) in [7, 11) is 0. The van der Waals surface area contributed by atoms with Gasteiger partial charge < -0.3 is 5.73 Å². The summed E-state index contributed by atoms with van der Waals surface area (Å²) in [6.45, 7) is 0. The zero-order chi connectivity index (χ0) is 24.6. The van der Waals surface area contributed by atoms with Gasteiger partial charge in [0.15, 0.2) is 0 Å². The van der Waals surface area contributed by atoms with Crippen molar-refractivity contribution in [3.05, 3.63) is 151 Å². The maximum atomic E-state index is 5.42. The normalized spacial score (nSPS) is 11.3. The van der Waals surface area contributed by atoms with Crippen molar-refractivity contribution in [1.29, 1.82) is 0 Å². The van der Waals surface area contributed by atoms with Crippen molar-refractivity contribution in [2.45, 2.75) is 6.42 Å². The summed E-state index contributed by atoms with van der Waals surface area (Å²) in [5.74, 6) is 0. The smallest absolute Gasteiger partial charge is 0.0702 e. The summed E-state index contributed by atoms with van der Waals surface area (Å²) in [6.07, 6.45) is 10.2. The predicted molar refractivity (Wildman–Crippen MR) is 152 cm³/mol. The van der Waals surface area contributed by atoms with Crippen molar-refractivity contribution in [1.82, 2.24) is 4.98 Å². The maximum absolute atomic E-state index is 5.42. The molecular weight excluding hydrogens is 436 g/mol. The molecule has 1 heterocycles. The third kappa shape index (κ3) is 5.51. The van der Waals surface area contributed by atoms with Crippen molar-refractivity contribution in [3.8, 4) is 44.6 Å². The van der Waals surface area contributed by atoms with Gasteiger partial charge >= 0.3 is 0 Å². The minimum atomic E-state index is 0.866. The van der Waals surface area contributed by atoms with Crippen LogP contribution >= 0.6 is 0 Å². The topological polar surface area (TPSA) is 38.9 Å². The van der Waals surface area contributed by atoms with Crippen molar-refractivity contribution >= 4 is 0 Å². The van der Waals surface area contributed by atoms with Crippen LogP contribution in [0.4, 0.5) is 0 Å². The molecule has 0 bridgehead atoms. The SMILES string of the molecule is N/C=C\C=C/Cc1cccc(-c2cccc(-c3cc(-c4ccccc4)cc(-c4ccccn4)c3)c2)c1. The van der Waals surface area contributed by atoms with Gasteiger partial charge in [-0.2, -0.15) is 0 Å². The van der Waals surface area contributed by atoms with Crippen molar-refractivity contribution in [2.24, 2.45) is 5.73 Å². The Morgan fingerprint density at radius 3 is 1.89 bits per heavy atom. The molecule has 4 aromatic carbocycles. The average Bonchev–Trinajstić information content (AvgIpc) is 2.96. The zero-order valence-electron chi connectivity index (χ0n) is 20.1. The Hall–Kier alpha value is -4.69. The number of benzene rings is 4. The lowest BCUT2D eigenvalue weighted by Crippen LogP contribution is -1.89. The van der Waals surface area contributed by atoms with Crippen molar-refractivity contribution in [2.75, 3.05) is 0 Å². The van der Waals surface area contributed by atoms with Gasteiger partial charge in [0.1, 0.15) is 0 Å². The Morgan fingerprint density at radius 1 is 0.528 bits per heavy atom. The molecule has 2 nitrogen and oxygen atoms in total. The summed E-state index contributed by atoms with van der Waals surface area (Å²) >= 11 is 0. The molecule has 5 aromatic rings. The molecule has 174 valence electrons. The Bertz CT molecular complexity index is 1440. The molecule has 0 unspecified atom stereocenters. The standard InChI is InChI=1S/C34H28N2/c35-19-7-2-3-11-26-12-9-15-28(21-26)29-16-10-17-30(22-29)32-23-31(27-13-4-1-5-14-27)24-33(25-32)34-18-6-8-20-36-34/h1-10,12-25H,11,35H2/b3-2-,19-7-. The van der Waals surface area contributed by atoms with E-state index < -0.39 is 0 Å². The second-order valence-electron chi connectivity index (χ2n) is 8.68. The Morgan fingerprint density at radius 2 is 1.14 bits per heavy atom. The van der Waals surface area contributed by atoms with E-state index in [0.29, 0.717) is 0 Å². The van der Waals surface area contributed by atoms with Gasteiger partial charge in [-0.15, -0.1) is 0 Å². The van der Waals surface area contributed by atoms with Crippen LogP contribution < -0.4 is 5.73 Å². The number of hydrogen-bond acceptors (Lipinski definition) is 2. The minimum absolute atomic E-state index is 0.866. The van der Waals surface area contributed by atoms with E-state index in [2.05, 4.69) is 114 Å². The number of aromatic nitrogens is 1. The van der Waals surface area contributed by atoms with Gasteiger partial charge in [-0.25, -0.2) is 0 Å². The first kappa shape index (κ1) is 23.1. The van der Waals surface area contributed by atoms with E-state index in [-0.39, 0.29) is 0 Å². The zero-order valence-corrected chi connectivity index (χ0v) is 20.1. The molecule has 0 aliphatic rings. The number of nitrogens with two attached hydrogens (primary N) is 1.